The molecule has 0 N–H and O–H groups in total. The molecule has 0 saturated carbocycles. The van der Waals surface area contributed by atoms with Crippen molar-refractivity contribution in [2.75, 3.05) is 11.4 Å². The third-order valence-corrected chi connectivity index (χ3v) is 2.72. The lowest BCUT2D eigenvalue weighted by Gasteiger charge is -2.14. The van der Waals surface area contributed by atoms with Crippen LogP contribution in [0.1, 0.15) is 17.8 Å². The number of amides is 1. The van der Waals surface area contributed by atoms with E-state index in [9.17, 15) is 9.59 Å². The highest BCUT2D eigenvalue weighted by Gasteiger charge is 2.31. The van der Waals surface area contributed by atoms with Crippen LogP contribution in [0.3, 0.4) is 0 Å². The molecule has 0 spiro atoms. The molecule has 15 heavy (non-hydrogen) atoms. The summed E-state index contributed by atoms with van der Waals surface area (Å²) in [7, 11) is 1.83. The molecule has 1 aliphatic heterocycles. The molecule has 0 aliphatic carbocycles. The molecule has 5 nitrogen and oxygen atoms in total. The molecule has 0 aromatic carbocycles. The van der Waals surface area contributed by atoms with Gasteiger partial charge in [0.15, 0.2) is 5.78 Å². The Morgan fingerprint density at radius 1 is 1.27 bits per heavy atom. The molecule has 1 aliphatic rings. The number of nitrogens with zero attached hydrogens (tertiary/aromatic N) is 3. The first-order chi connectivity index (χ1) is 7.00. The van der Waals surface area contributed by atoms with Crippen molar-refractivity contribution in [3.63, 3.8) is 0 Å². The van der Waals surface area contributed by atoms with Crippen molar-refractivity contribution in [1.29, 1.82) is 0 Å². The van der Waals surface area contributed by atoms with Crippen molar-refractivity contribution >= 4 is 17.4 Å². The molecule has 5 heteroatoms. The Morgan fingerprint density at radius 2 is 1.93 bits per heavy atom. The van der Waals surface area contributed by atoms with Crippen molar-refractivity contribution in [1.82, 2.24) is 9.78 Å². The minimum absolute atomic E-state index is 0.0216. The molecular formula is C10H13N3O2. The summed E-state index contributed by atoms with van der Waals surface area (Å²) in [5, 5.41) is 4.23. The SMILES string of the molecule is Cc1nn(C)c(C)c1N1CC(=O)CC1=O. The van der Waals surface area contributed by atoms with E-state index in [0.717, 1.165) is 17.1 Å². The summed E-state index contributed by atoms with van der Waals surface area (Å²) in [6.45, 7) is 3.93. The zero-order valence-electron chi connectivity index (χ0n) is 9.07. The molecule has 1 aromatic rings. The number of ketones is 1. The molecule has 80 valence electrons. The van der Waals surface area contributed by atoms with Gasteiger partial charge in [-0.15, -0.1) is 0 Å². The average Bonchev–Trinajstić information content (AvgIpc) is 2.56. The second kappa shape index (κ2) is 3.18. The molecule has 1 saturated heterocycles. The number of hydrogen-bond donors (Lipinski definition) is 0. The topological polar surface area (TPSA) is 55.2 Å². The van der Waals surface area contributed by atoms with E-state index in [-0.39, 0.29) is 24.7 Å². The quantitative estimate of drug-likeness (QED) is 0.624. The largest absolute Gasteiger partial charge is 0.301 e. The normalized spacial score (nSPS) is 16.6. The number of rotatable bonds is 1. The molecule has 1 amide bonds. The van der Waals surface area contributed by atoms with Gasteiger partial charge in [0.2, 0.25) is 5.91 Å². The smallest absolute Gasteiger partial charge is 0.235 e. The third kappa shape index (κ3) is 1.44. The van der Waals surface area contributed by atoms with Gasteiger partial charge in [-0.2, -0.15) is 5.10 Å². The molecule has 0 radical (unpaired) electrons. The van der Waals surface area contributed by atoms with Crippen molar-refractivity contribution in [2.45, 2.75) is 20.3 Å². The summed E-state index contributed by atoms with van der Waals surface area (Å²) in [6, 6.07) is 0. The zero-order valence-corrected chi connectivity index (χ0v) is 9.07. The van der Waals surface area contributed by atoms with Crippen LogP contribution in [0, 0.1) is 13.8 Å². The molecule has 1 fully saturated rings. The molecule has 2 rings (SSSR count). The van der Waals surface area contributed by atoms with Crippen LogP contribution >= 0.6 is 0 Å². The molecular weight excluding hydrogens is 194 g/mol. The Morgan fingerprint density at radius 3 is 2.33 bits per heavy atom. The van der Waals surface area contributed by atoms with E-state index in [1.54, 1.807) is 4.68 Å². The summed E-state index contributed by atoms with van der Waals surface area (Å²) >= 11 is 0. The first-order valence-corrected chi connectivity index (χ1v) is 4.83. The Balaban J connectivity index is 2.46. The highest BCUT2D eigenvalue weighted by atomic mass is 16.2. The van der Waals surface area contributed by atoms with Gasteiger partial charge in [-0.25, -0.2) is 0 Å². The maximum Gasteiger partial charge on any atom is 0.235 e. The maximum absolute atomic E-state index is 11.6. The summed E-state index contributed by atoms with van der Waals surface area (Å²) in [5.41, 5.74) is 2.49. The number of carbonyl (C=O) groups is 2. The van der Waals surface area contributed by atoms with Gasteiger partial charge in [0.05, 0.1) is 30.0 Å². The van der Waals surface area contributed by atoms with Crippen LogP contribution in [0.4, 0.5) is 5.69 Å². The van der Waals surface area contributed by atoms with E-state index in [1.165, 1.54) is 4.90 Å². The minimum atomic E-state index is -0.126. The van der Waals surface area contributed by atoms with Gasteiger partial charge in [0, 0.05) is 7.05 Å². The van der Waals surface area contributed by atoms with Crippen molar-refractivity contribution in [3.8, 4) is 0 Å². The fourth-order valence-electron chi connectivity index (χ4n) is 1.94. The van der Waals surface area contributed by atoms with Gasteiger partial charge in [0.1, 0.15) is 0 Å². The van der Waals surface area contributed by atoms with Crippen LogP contribution in [-0.2, 0) is 16.6 Å². The Labute approximate surface area is 87.7 Å². The number of aromatic nitrogens is 2. The lowest BCUT2D eigenvalue weighted by atomic mass is 10.3. The standard InChI is InChI=1S/C10H13N3O2/c1-6-10(7(2)12(3)11-6)13-5-8(14)4-9(13)15/h4-5H2,1-3H3. The molecule has 1 aromatic heterocycles. The van der Waals surface area contributed by atoms with E-state index in [4.69, 9.17) is 0 Å². The fraction of sp³-hybridized carbons (Fsp3) is 0.500. The van der Waals surface area contributed by atoms with Gasteiger partial charge in [-0.1, -0.05) is 0 Å². The fourth-order valence-corrected chi connectivity index (χ4v) is 1.94. The second-order valence-corrected chi connectivity index (χ2v) is 3.84. The predicted octanol–water partition coefficient (Wildman–Crippen LogP) is 0.343. The lowest BCUT2D eigenvalue weighted by Crippen LogP contribution is -2.25. The average molecular weight is 207 g/mol. The van der Waals surface area contributed by atoms with E-state index in [0.29, 0.717) is 0 Å². The van der Waals surface area contributed by atoms with E-state index >= 15 is 0 Å². The first-order valence-electron chi connectivity index (χ1n) is 4.83. The van der Waals surface area contributed by atoms with Crippen LogP contribution in [0.15, 0.2) is 0 Å². The van der Waals surface area contributed by atoms with E-state index in [1.807, 2.05) is 20.9 Å². The van der Waals surface area contributed by atoms with E-state index in [2.05, 4.69) is 5.10 Å². The van der Waals surface area contributed by atoms with Gasteiger partial charge >= 0.3 is 0 Å². The van der Waals surface area contributed by atoms with Crippen molar-refractivity contribution in [3.05, 3.63) is 11.4 Å². The van der Waals surface area contributed by atoms with Crippen LogP contribution in [0.5, 0.6) is 0 Å². The number of aryl methyl sites for hydroxylation is 2. The molecule has 0 atom stereocenters. The molecule has 0 unspecified atom stereocenters. The Kier molecular flexibility index (Phi) is 2.10. The van der Waals surface area contributed by atoms with Crippen LogP contribution in [-0.4, -0.2) is 28.0 Å². The van der Waals surface area contributed by atoms with Crippen molar-refractivity contribution < 1.29 is 9.59 Å². The van der Waals surface area contributed by atoms with Crippen LogP contribution in [0.25, 0.3) is 0 Å². The van der Waals surface area contributed by atoms with Crippen LogP contribution < -0.4 is 4.90 Å². The van der Waals surface area contributed by atoms with Gasteiger partial charge < -0.3 is 4.90 Å². The monoisotopic (exact) mass is 207 g/mol. The summed E-state index contributed by atoms with van der Waals surface area (Å²) in [6.07, 6.45) is 0.0216. The molecule has 2 heterocycles. The Bertz CT molecular complexity index is 448. The second-order valence-electron chi connectivity index (χ2n) is 3.84. The first kappa shape index (κ1) is 9.89. The minimum Gasteiger partial charge on any atom is -0.301 e. The van der Waals surface area contributed by atoms with Gasteiger partial charge in [-0.3, -0.25) is 14.3 Å². The van der Waals surface area contributed by atoms with Crippen LogP contribution in [0.2, 0.25) is 0 Å². The van der Waals surface area contributed by atoms with Gasteiger partial charge in [0.25, 0.3) is 0 Å². The summed E-state index contributed by atoms with van der Waals surface area (Å²) < 4.78 is 1.72. The highest BCUT2D eigenvalue weighted by Crippen LogP contribution is 2.26. The lowest BCUT2D eigenvalue weighted by molar-refractivity contribution is -0.121. The summed E-state index contributed by atoms with van der Waals surface area (Å²) in [4.78, 5) is 24.3. The zero-order chi connectivity index (χ0) is 11.2. The number of carbonyl (C=O) groups excluding carboxylic acids is 2. The number of Topliss-reactive ketones (excluding diaryl/α,β-unsaturated/α-hetero) is 1. The highest BCUT2D eigenvalue weighted by molar-refractivity contribution is 6.15. The number of hydrogen-bond acceptors (Lipinski definition) is 3. The Hall–Kier alpha value is -1.65. The van der Waals surface area contributed by atoms with E-state index < -0.39 is 0 Å². The summed E-state index contributed by atoms with van der Waals surface area (Å²) in [5.74, 6) is -0.151. The third-order valence-electron chi connectivity index (χ3n) is 2.72. The van der Waals surface area contributed by atoms with Gasteiger partial charge in [-0.05, 0) is 13.8 Å². The van der Waals surface area contributed by atoms with Crippen molar-refractivity contribution in [2.24, 2.45) is 7.05 Å². The maximum atomic E-state index is 11.6. The molecule has 0 bridgehead atoms. The predicted molar refractivity (Wildman–Crippen MR) is 54.7 cm³/mol. The number of anilines is 1.